The van der Waals surface area contributed by atoms with E-state index in [0.29, 0.717) is 18.0 Å². The van der Waals surface area contributed by atoms with Gasteiger partial charge in [-0.15, -0.1) is 0 Å². The first-order chi connectivity index (χ1) is 13.4. The molecule has 2 atom stereocenters. The zero-order chi connectivity index (χ0) is 19.7. The fraction of sp³-hybridized carbons (Fsp3) is 0.333. The number of sulfone groups is 1. The lowest BCUT2D eigenvalue weighted by Crippen LogP contribution is -2.37. The second-order valence-corrected chi connectivity index (χ2v) is 10.6. The molecular weight excluding hydrogens is 392 g/mol. The van der Waals surface area contributed by atoms with Gasteiger partial charge in [-0.2, -0.15) is 4.99 Å². The third-order valence-electron chi connectivity index (χ3n) is 5.07. The molecule has 2 heterocycles. The van der Waals surface area contributed by atoms with E-state index in [0.717, 1.165) is 16.8 Å². The molecule has 0 saturated carbocycles. The van der Waals surface area contributed by atoms with Gasteiger partial charge >= 0.3 is 0 Å². The van der Waals surface area contributed by atoms with Crippen LogP contribution in [0.3, 0.4) is 0 Å². The lowest BCUT2D eigenvalue weighted by Gasteiger charge is -2.24. The third kappa shape index (κ3) is 4.15. The number of hydrogen-bond donors (Lipinski definition) is 0. The minimum atomic E-state index is -3.06. The summed E-state index contributed by atoms with van der Waals surface area (Å²) in [6.07, 6.45) is 0.982. The van der Waals surface area contributed by atoms with Crippen LogP contribution in [0.5, 0.6) is 0 Å². The van der Waals surface area contributed by atoms with Crippen LogP contribution in [0.25, 0.3) is 0 Å². The van der Waals surface area contributed by atoms with E-state index >= 15 is 0 Å². The Morgan fingerprint density at radius 1 is 1.11 bits per heavy atom. The molecule has 2 aromatic rings. The van der Waals surface area contributed by atoms with Crippen molar-refractivity contribution in [3.63, 3.8) is 0 Å². The molecule has 2 saturated heterocycles. The Balaban J connectivity index is 1.56. The van der Waals surface area contributed by atoms with E-state index in [1.807, 2.05) is 66.4 Å². The zero-order valence-electron chi connectivity index (χ0n) is 15.6. The number of carbonyl (C=O) groups excluding carboxylic acids is 1. The molecule has 0 aromatic heterocycles. The highest BCUT2D eigenvalue weighted by Crippen LogP contribution is 2.41. The van der Waals surface area contributed by atoms with Crippen LogP contribution in [0.1, 0.15) is 17.5 Å². The van der Waals surface area contributed by atoms with Crippen molar-refractivity contribution < 1.29 is 13.2 Å². The third-order valence-corrected chi connectivity index (χ3v) is 8.28. The monoisotopic (exact) mass is 414 g/mol. The normalized spacial score (nSPS) is 24.5. The van der Waals surface area contributed by atoms with E-state index in [4.69, 9.17) is 0 Å². The number of carbonyl (C=O) groups is 1. The fourth-order valence-electron chi connectivity index (χ4n) is 3.63. The van der Waals surface area contributed by atoms with Gasteiger partial charge < -0.3 is 4.90 Å². The van der Waals surface area contributed by atoms with E-state index in [1.54, 1.807) is 0 Å². The van der Waals surface area contributed by atoms with E-state index in [-0.39, 0.29) is 28.7 Å². The van der Waals surface area contributed by atoms with Gasteiger partial charge in [0.1, 0.15) is 0 Å². The van der Waals surface area contributed by atoms with Gasteiger partial charge in [-0.05, 0) is 31.0 Å². The zero-order valence-corrected chi connectivity index (χ0v) is 17.2. The summed E-state index contributed by atoms with van der Waals surface area (Å²) in [5.41, 5.74) is 3.12. The average molecular weight is 415 g/mol. The summed E-state index contributed by atoms with van der Waals surface area (Å²) in [7, 11) is -3.06. The molecule has 2 aliphatic rings. The molecule has 1 amide bonds. The average Bonchev–Trinajstić information content (AvgIpc) is 3.12. The van der Waals surface area contributed by atoms with Gasteiger partial charge in [0.05, 0.1) is 17.5 Å². The van der Waals surface area contributed by atoms with Gasteiger partial charge in [0, 0.05) is 17.4 Å². The van der Waals surface area contributed by atoms with Crippen molar-refractivity contribution in [2.75, 3.05) is 16.4 Å². The molecule has 28 heavy (non-hydrogen) atoms. The summed E-state index contributed by atoms with van der Waals surface area (Å²) < 4.78 is 24.2. The lowest BCUT2D eigenvalue weighted by molar-refractivity contribution is -0.117. The highest BCUT2D eigenvalue weighted by molar-refractivity contribution is 8.16. The van der Waals surface area contributed by atoms with E-state index in [1.165, 1.54) is 11.8 Å². The van der Waals surface area contributed by atoms with Crippen molar-refractivity contribution >= 4 is 38.4 Å². The van der Waals surface area contributed by atoms with Gasteiger partial charge in [-0.25, -0.2) is 8.42 Å². The number of fused-ring (bicyclic) bond motifs is 1. The summed E-state index contributed by atoms with van der Waals surface area (Å²) in [4.78, 5) is 18.8. The van der Waals surface area contributed by atoms with Crippen LogP contribution in [0, 0.1) is 6.92 Å². The van der Waals surface area contributed by atoms with Crippen molar-refractivity contribution in [2.45, 2.75) is 31.1 Å². The molecule has 2 aromatic carbocycles. The van der Waals surface area contributed by atoms with Gasteiger partial charge in [0.2, 0.25) is 5.91 Å². The van der Waals surface area contributed by atoms with Crippen molar-refractivity contribution in [1.29, 1.82) is 0 Å². The summed E-state index contributed by atoms with van der Waals surface area (Å²) in [5, 5.41) is 0.541. The van der Waals surface area contributed by atoms with Crippen LogP contribution >= 0.6 is 11.8 Å². The maximum Gasteiger partial charge on any atom is 0.248 e. The Morgan fingerprint density at radius 2 is 1.82 bits per heavy atom. The Bertz CT molecular complexity index is 1000. The molecule has 5 nitrogen and oxygen atoms in total. The number of thioether (sulfide) groups is 1. The highest BCUT2D eigenvalue weighted by Gasteiger charge is 2.49. The van der Waals surface area contributed by atoms with Crippen LogP contribution in [-0.2, 0) is 21.1 Å². The predicted molar refractivity (Wildman–Crippen MR) is 115 cm³/mol. The number of rotatable bonds is 4. The smallest absolute Gasteiger partial charge is 0.248 e. The van der Waals surface area contributed by atoms with Crippen LogP contribution in [-0.4, -0.2) is 42.3 Å². The standard InChI is InChI=1S/C21H22N2O3S2/c1-15-7-10-17(11-8-15)23-18-13-28(25,26)14-19(18)27-21(23)22-20(24)12-9-16-5-3-2-4-6-16/h2-8,10-11,18-19H,9,12-14H2,1H3/t18-,19+/m1/s1. The number of aryl methyl sites for hydroxylation is 2. The second-order valence-electron chi connectivity index (χ2n) is 7.28. The van der Waals surface area contributed by atoms with Crippen LogP contribution in [0.15, 0.2) is 59.6 Å². The van der Waals surface area contributed by atoms with Gasteiger partial charge in [0.15, 0.2) is 15.0 Å². The maximum absolute atomic E-state index is 12.5. The van der Waals surface area contributed by atoms with Gasteiger partial charge in [0.25, 0.3) is 0 Å². The number of hydrogen-bond acceptors (Lipinski definition) is 4. The van der Waals surface area contributed by atoms with E-state index in [2.05, 4.69) is 4.99 Å². The molecule has 4 rings (SSSR count). The fourth-order valence-corrected chi connectivity index (χ4v) is 7.56. The first-order valence-corrected chi connectivity index (χ1v) is 12.0. The molecule has 2 fully saturated rings. The molecule has 0 N–H and O–H groups in total. The SMILES string of the molecule is Cc1ccc(N2C(=NC(=O)CCc3ccccc3)S[C@H]3CS(=O)(=O)C[C@H]32)cc1. The molecular formula is C21H22N2O3S2. The Kier molecular flexibility index (Phi) is 5.29. The topological polar surface area (TPSA) is 66.8 Å². The Labute approximate surface area is 169 Å². The van der Waals surface area contributed by atoms with Gasteiger partial charge in [-0.1, -0.05) is 59.8 Å². The van der Waals surface area contributed by atoms with Crippen molar-refractivity contribution in [2.24, 2.45) is 4.99 Å². The van der Waals surface area contributed by atoms with E-state index < -0.39 is 9.84 Å². The number of amides is 1. The van der Waals surface area contributed by atoms with Crippen LogP contribution in [0.4, 0.5) is 5.69 Å². The summed E-state index contributed by atoms with van der Waals surface area (Å²) in [5.74, 6) is 0.0730. The second kappa shape index (κ2) is 7.72. The Hall–Kier alpha value is -2.12. The van der Waals surface area contributed by atoms with Crippen molar-refractivity contribution in [3.8, 4) is 0 Å². The Morgan fingerprint density at radius 3 is 2.54 bits per heavy atom. The molecule has 146 valence electrons. The summed E-state index contributed by atoms with van der Waals surface area (Å²) >= 11 is 1.42. The van der Waals surface area contributed by atoms with Crippen molar-refractivity contribution in [3.05, 3.63) is 65.7 Å². The maximum atomic E-state index is 12.5. The molecule has 0 bridgehead atoms. The first-order valence-electron chi connectivity index (χ1n) is 9.30. The van der Waals surface area contributed by atoms with Crippen molar-refractivity contribution in [1.82, 2.24) is 0 Å². The molecule has 0 aliphatic carbocycles. The highest BCUT2D eigenvalue weighted by atomic mass is 32.2. The summed E-state index contributed by atoms with van der Waals surface area (Å²) in [6.45, 7) is 2.01. The largest absolute Gasteiger partial charge is 0.316 e. The first kappa shape index (κ1) is 19.2. The van der Waals surface area contributed by atoms with Crippen LogP contribution in [0.2, 0.25) is 0 Å². The number of benzene rings is 2. The molecule has 2 aliphatic heterocycles. The predicted octanol–water partition coefficient (Wildman–Crippen LogP) is 3.23. The minimum absolute atomic E-state index is 0.0769. The van der Waals surface area contributed by atoms with Crippen LogP contribution < -0.4 is 4.90 Å². The summed E-state index contributed by atoms with van der Waals surface area (Å²) in [6, 6.07) is 17.6. The molecule has 0 radical (unpaired) electrons. The van der Waals surface area contributed by atoms with E-state index in [9.17, 15) is 13.2 Å². The van der Waals surface area contributed by atoms with Gasteiger partial charge in [-0.3, -0.25) is 4.79 Å². The molecule has 0 unspecified atom stereocenters. The number of nitrogens with zero attached hydrogens (tertiary/aromatic N) is 2. The number of amidine groups is 1. The molecule has 0 spiro atoms. The number of anilines is 1. The molecule has 7 heteroatoms. The number of aliphatic imine (C=N–C) groups is 1. The minimum Gasteiger partial charge on any atom is -0.316 e. The lowest BCUT2D eigenvalue weighted by atomic mass is 10.1. The quantitative estimate of drug-likeness (QED) is 0.768.